The molecule has 2 atom stereocenters. The lowest BCUT2D eigenvalue weighted by Crippen LogP contribution is -2.38. The summed E-state index contributed by atoms with van der Waals surface area (Å²) in [5.74, 6) is 0.925. The van der Waals surface area contributed by atoms with Crippen molar-refractivity contribution in [3.63, 3.8) is 0 Å². The minimum atomic E-state index is -0.702. The molecule has 116 valence electrons. The number of hydrogen-bond donors (Lipinski definition) is 1. The summed E-state index contributed by atoms with van der Waals surface area (Å²) in [6.45, 7) is 6.09. The highest BCUT2D eigenvalue weighted by molar-refractivity contribution is 5.67. The Balaban J connectivity index is 2.03. The summed E-state index contributed by atoms with van der Waals surface area (Å²) >= 11 is 0. The smallest absolute Gasteiger partial charge is 0.303 e. The summed E-state index contributed by atoms with van der Waals surface area (Å²) in [4.78, 5) is 21.9. The van der Waals surface area contributed by atoms with Gasteiger partial charge in [-0.25, -0.2) is 9.97 Å². The second-order valence-electron chi connectivity index (χ2n) is 6.04. The summed E-state index contributed by atoms with van der Waals surface area (Å²) in [5, 5.41) is 8.96. The zero-order chi connectivity index (χ0) is 15.2. The van der Waals surface area contributed by atoms with Gasteiger partial charge in [-0.1, -0.05) is 20.3 Å². The van der Waals surface area contributed by atoms with Crippen LogP contribution in [0.15, 0.2) is 12.4 Å². The van der Waals surface area contributed by atoms with Crippen molar-refractivity contribution in [3.8, 4) is 0 Å². The molecule has 2 rings (SSSR count). The Hall–Kier alpha value is -1.65. The number of carboxylic acid groups (broad SMARTS) is 1. The summed E-state index contributed by atoms with van der Waals surface area (Å²) in [5.41, 5.74) is 1.09. The first-order chi connectivity index (χ1) is 10.1. The number of hydrogen-bond acceptors (Lipinski definition) is 4. The number of carboxylic acids is 1. The first-order valence-corrected chi connectivity index (χ1v) is 7.87. The number of rotatable bonds is 6. The van der Waals surface area contributed by atoms with Crippen molar-refractivity contribution >= 4 is 11.8 Å². The van der Waals surface area contributed by atoms with Gasteiger partial charge in [0.05, 0.1) is 0 Å². The van der Waals surface area contributed by atoms with Crippen molar-refractivity contribution in [1.29, 1.82) is 0 Å². The number of aryl methyl sites for hydroxylation is 1. The molecular formula is C16H25N3O2. The van der Waals surface area contributed by atoms with E-state index in [1.807, 2.05) is 6.92 Å². The molecule has 1 N–H and O–H groups in total. The molecule has 0 amide bonds. The number of piperidine rings is 1. The molecule has 0 spiro atoms. The third kappa shape index (κ3) is 4.41. The van der Waals surface area contributed by atoms with E-state index in [4.69, 9.17) is 5.11 Å². The summed E-state index contributed by atoms with van der Waals surface area (Å²) < 4.78 is 0. The van der Waals surface area contributed by atoms with Gasteiger partial charge in [-0.05, 0) is 31.1 Å². The van der Waals surface area contributed by atoms with E-state index in [-0.39, 0.29) is 12.3 Å². The van der Waals surface area contributed by atoms with Crippen LogP contribution in [0, 0.1) is 11.8 Å². The van der Waals surface area contributed by atoms with Gasteiger partial charge in [0.1, 0.15) is 12.1 Å². The largest absolute Gasteiger partial charge is 0.481 e. The summed E-state index contributed by atoms with van der Waals surface area (Å²) in [7, 11) is 0. The molecule has 0 aliphatic carbocycles. The lowest BCUT2D eigenvalue weighted by Gasteiger charge is -2.36. The van der Waals surface area contributed by atoms with Crippen LogP contribution in [0.1, 0.15) is 45.2 Å². The van der Waals surface area contributed by atoms with Gasteiger partial charge in [-0.15, -0.1) is 0 Å². The molecule has 5 nitrogen and oxygen atoms in total. The van der Waals surface area contributed by atoms with E-state index in [9.17, 15) is 4.79 Å². The van der Waals surface area contributed by atoms with Crippen LogP contribution in [0.3, 0.4) is 0 Å². The lowest BCUT2D eigenvalue weighted by molar-refractivity contribution is -0.138. The molecule has 0 radical (unpaired) electrons. The molecule has 1 aliphatic heterocycles. The van der Waals surface area contributed by atoms with E-state index in [1.54, 1.807) is 6.33 Å². The van der Waals surface area contributed by atoms with Crippen LogP contribution in [0.4, 0.5) is 5.82 Å². The lowest BCUT2D eigenvalue weighted by atomic mass is 9.84. The molecule has 0 saturated carbocycles. The van der Waals surface area contributed by atoms with Crippen molar-refractivity contribution in [1.82, 2.24) is 9.97 Å². The molecule has 0 aromatic carbocycles. The monoisotopic (exact) mass is 291 g/mol. The minimum Gasteiger partial charge on any atom is -0.481 e. The molecule has 1 saturated heterocycles. The van der Waals surface area contributed by atoms with Crippen molar-refractivity contribution in [2.75, 3.05) is 18.0 Å². The van der Waals surface area contributed by atoms with E-state index in [0.29, 0.717) is 5.92 Å². The highest BCUT2D eigenvalue weighted by Crippen LogP contribution is 2.28. The highest BCUT2D eigenvalue weighted by atomic mass is 16.4. The van der Waals surface area contributed by atoms with E-state index in [2.05, 4.69) is 27.9 Å². The van der Waals surface area contributed by atoms with Crippen LogP contribution in [-0.2, 0) is 11.2 Å². The molecule has 2 unspecified atom stereocenters. The molecule has 1 aromatic rings. The maximum absolute atomic E-state index is 10.9. The average Bonchev–Trinajstić information content (AvgIpc) is 2.47. The van der Waals surface area contributed by atoms with Crippen LogP contribution in [-0.4, -0.2) is 34.1 Å². The van der Waals surface area contributed by atoms with Crippen molar-refractivity contribution in [2.45, 2.75) is 46.0 Å². The Bertz CT molecular complexity index is 478. The number of nitrogens with zero attached hydrogens (tertiary/aromatic N) is 3. The van der Waals surface area contributed by atoms with Gasteiger partial charge in [0, 0.05) is 31.3 Å². The fraction of sp³-hybridized carbons (Fsp3) is 0.688. The first kappa shape index (κ1) is 15.7. The Labute approximate surface area is 126 Å². The van der Waals surface area contributed by atoms with Crippen molar-refractivity contribution in [3.05, 3.63) is 18.1 Å². The molecule has 0 bridgehead atoms. The van der Waals surface area contributed by atoms with Gasteiger partial charge in [0.2, 0.25) is 0 Å². The summed E-state index contributed by atoms with van der Waals surface area (Å²) in [6, 6.07) is 2.08. The highest BCUT2D eigenvalue weighted by Gasteiger charge is 2.26. The van der Waals surface area contributed by atoms with Crippen LogP contribution in [0.2, 0.25) is 0 Å². The fourth-order valence-corrected chi connectivity index (χ4v) is 3.08. The van der Waals surface area contributed by atoms with E-state index < -0.39 is 5.97 Å². The number of aliphatic carboxylic acids is 1. The van der Waals surface area contributed by atoms with Gasteiger partial charge < -0.3 is 10.0 Å². The van der Waals surface area contributed by atoms with Crippen LogP contribution < -0.4 is 4.90 Å². The molecule has 1 fully saturated rings. The quantitative estimate of drug-likeness (QED) is 0.873. The fourth-order valence-electron chi connectivity index (χ4n) is 3.08. The predicted molar refractivity (Wildman–Crippen MR) is 82.4 cm³/mol. The topological polar surface area (TPSA) is 66.3 Å². The van der Waals surface area contributed by atoms with Crippen LogP contribution in [0.5, 0.6) is 0 Å². The van der Waals surface area contributed by atoms with Gasteiger partial charge in [-0.2, -0.15) is 0 Å². The van der Waals surface area contributed by atoms with Crippen molar-refractivity contribution < 1.29 is 9.90 Å². The SMILES string of the molecule is CCCc1cc(N2CCCC(C(C)CC(=O)O)C2)ncn1. The van der Waals surface area contributed by atoms with Gasteiger partial charge in [0.25, 0.3) is 0 Å². The van der Waals surface area contributed by atoms with E-state index in [0.717, 1.165) is 50.3 Å². The molecule has 1 aliphatic rings. The Kier molecular flexibility index (Phi) is 5.53. The van der Waals surface area contributed by atoms with Gasteiger partial charge in [-0.3, -0.25) is 4.79 Å². The second kappa shape index (κ2) is 7.38. The Morgan fingerprint density at radius 2 is 2.33 bits per heavy atom. The molecule has 5 heteroatoms. The second-order valence-corrected chi connectivity index (χ2v) is 6.04. The number of aromatic nitrogens is 2. The zero-order valence-corrected chi connectivity index (χ0v) is 13.0. The molecule has 1 aromatic heterocycles. The standard InChI is InChI=1S/C16H25N3O2/c1-3-5-14-9-15(18-11-17-14)19-7-4-6-13(10-19)12(2)8-16(20)21/h9,11-13H,3-8,10H2,1-2H3,(H,20,21). The number of anilines is 1. The molecular weight excluding hydrogens is 266 g/mol. The maximum Gasteiger partial charge on any atom is 0.303 e. The number of carbonyl (C=O) groups is 1. The van der Waals surface area contributed by atoms with Crippen molar-refractivity contribution in [2.24, 2.45) is 11.8 Å². The third-order valence-electron chi connectivity index (χ3n) is 4.30. The first-order valence-electron chi connectivity index (χ1n) is 7.87. The zero-order valence-electron chi connectivity index (χ0n) is 13.0. The maximum atomic E-state index is 10.9. The molecule has 21 heavy (non-hydrogen) atoms. The third-order valence-corrected chi connectivity index (χ3v) is 4.30. The minimum absolute atomic E-state index is 0.210. The van der Waals surface area contributed by atoms with Gasteiger partial charge in [0.15, 0.2) is 0 Å². The Morgan fingerprint density at radius 1 is 1.52 bits per heavy atom. The predicted octanol–water partition coefficient (Wildman–Crippen LogP) is 2.76. The average molecular weight is 291 g/mol. The van der Waals surface area contributed by atoms with Gasteiger partial charge >= 0.3 is 5.97 Å². The molecule has 2 heterocycles. The summed E-state index contributed by atoms with van der Waals surface area (Å²) in [6.07, 6.45) is 6.16. The van der Waals surface area contributed by atoms with E-state index >= 15 is 0 Å². The normalized spacial score (nSPS) is 20.3. The van der Waals surface area contributed by atoms with Crippen LogP contribution >= 0.6 is 0 Å². The van der Waals surface area contributed by atoms with E-state index in [1.165, 1.54) is 0 Å². The van der Waals surface area contributed by atoms with Crippen LogP contribution in [0.25, 0.3) is 0 Å². The Morgan fingerprint density at radius 3 is 3.05 bits per heavy atom.